The van der Waals surface area contributed by atoms with E-state index in [1.807, 2.05) is 27.7 Å². The third kappa shape index (κ3) is 6.86. The fourth-order valence-corrected chi connectivity index (χ4v) is 2.27. The highest BCUT2D eigenvalue weighted by Gasteiger charge is 2.20. The van der Waals surface area contributed by atoms with Crippen molar-refractivity contribution < 1.29 is 9.59 Å². The summed E-state index contributed by atoms with van der Waals surface area (Å²) in [6, 6.07) is 0.0312. The average Bonchev–Trinajstić information content (AvgIpc) is 2.77. The molecule has 0 saturated carbocycles. The van der Waals surface area contributed by atoms with E-state index in [9.17, 15) is 9.59 Å². The van der Waals surface area contributed by atoms with Crippen LogP contribution in [0, 0.1) is 0 Å². The SMILES string of the molecule is CCN(CC(=O)NC(=O)NC(C)(C)C)CC1CCCN1. The van der Waals surface area contributed by atoms with Gasteiger partial charge in [0.1, 0.15) is 0 Å². The molecule has 1 unspecified atom stereocenters. The van der Waals surface area contributed by atoms with Crippen molar-refractivity contribution in [1.29, 1.82) is 0 Å². The van der Waals surface area contributed by atoms with Gasteiger partial charge in [0.2, 0.25) is 5.91 Å². The Morgan fingerprint density at radius 2 is 2.05 bits per heavy atom. The molecular formula is C14H28N4O2. The lowest BCUT2D eigenvalue weighted by molar-refractivity contribution is -0.121. The summed E-state index contributed by atoms with van der Waals surface area (Å²) in [4.78, 5) is 25.5. The summed E-state index contributed by atoms with van der Waals surface area (Å²) in [6.45, 7) is 10.6. The first-order valence-corrected chi connectivity index (χ1v) is 7.38. The van der Waals surface area contributed by atoms with Crippen molar-refractivity contribution in [2.24, 2.45) is 0 Å². The molecule has 0 aromatic carbocycles. The van der Waals surface area contributed by atoms with Crippen LogP contribution in [0.4, 0.5) is 4.79 Å². The molecule has 3 amide bonds. The molecule has 1 aliphatic heterocycles. The number of hydrogen-bond donors (Lipinski definition) is 3. The first kappa shape index (κ1) is 16.9. The van der Waals surface area contributed by atoms with Crippen molar-refractivity contribution >= 4 is 11.9 Å². The maximum Gasteiger partial charge on any atom is 0.321 e. The Morgan fingerprint density at radius 1 is 1.35 bits per heavy atom. The quantitative estimate of drug-likeness (QED) is 0.694. The molecule has 0 aromatic rings. The number of urea groups is 1. The number of carbonyl (C=O) groups excluding carboxylic acids is 2. The lowest BCUT2D eigenvalue weighted by Gasteiger charge is -2.24. The topological polar surface area (TPSA) is 73.5 Å². The second-order valence-corrected chi connectivity index (χ2v) is 6.37. The summed E-state index contributed by atoms with van der Waals surface area (Å²) in [5.74, 6) is -0.258. The van der Waals surface area contributed by atoms with Crippen LogP contribution in [-0.2, 0) is 4.79 Å². The molecule has 0 radical (unpaired) electrons. The molecule has 1 rings (SSSR count). The molecule has 0 aliphatic carbocycles. The summed E-state index contributed by atoms with van der Waals surface area (Å²) in [5.41, 5.74) is -0.345. The van der Waals surface area contributed by atoms with Crippen molar-refractivity contribution in [2.45, 2.75) is 52.1 Å². The molecule has 6 heteroatoms. The molecule has 1 fully saturated rings. The van der Waals surface area contributed by atoms with Crippen LogP contribution in [0.5, 0.6) is 0 Å². The zero-order valence-corrected chi connectivity index (χ0v) is 13.1. The van der Waals surface area contributed by atoms with Crippen LogP contribution in [0.1, 0.15) is 40.5 Å². The van der Waals surface area contributed by atoms with E-state index in [0.717, 1.165) is 26.1 Å². The number of hydrogen-bond acceptors (Lipinski definition) is 4. The second kappa shape index (κ2) is 7.59. The summed E-state index contributed by atoms with van der Waals surface area (Å²) >= 11 is 0. The molecule has 0 bridgehead atoms. The van der Waals surface area contributed by atoms with Gasteiger partial charge in [-0.25, -0.2) is 4.79 Å². The lowest BCUT2D eigenvalue weighted by Crippen LogP contribution is -2.51. The van der Waals surface area contributed by atoms with Gasteiger partial charge in [-0.15, -0.1) is 0 Å². The average molecular weight is 284 g/mol. The van der Waals surface area contributed by atoms with E-state index in [1.165, 1.54) is 6.42 Å². The van der Waals surface area contributed by atoms with Gasteiger partial charge in [-0.05, 0) is 46.7 Å². The number of imide groups is 1. The predicted molar refractivity (Wildman–Crippen MR) is 79.6 cm³/mol. The Bertz CT molecular complexity index is 333. The van der Waals surface area contributed by atoms with Gasteiger partial charge in [-0.2, -0.15) is 0 Å². The minimum Gasteiger partial charge on any atom is -0.333 e. The number of carbonyl (C=O) groups is 2. The molecule has 20 heavy (non-hydrogen) atoms. The standard InChI is InChI=1S/C14H28N4O2/c1-5-18(9-11-7-6-8-15-11)10-12(19)16-13(20)17-14(2,3)4/h11,15H,5-10H2,1-4H3,(H2,16,17,19,20). The largest absolute Gasteiger partial charge is 0.333 e. The van der Waals surface area contributed by atoms with Crippen LogP contribution in [0.15, 0.2) is 0 Å². The molecule has 116 valence electrons. The molecule has 3 N–H and O–H groups in total. The maximum absolute atomic E-state index is 11.8. The second-order valence-electron chi connectivity index (χ2n) is 6.37. The smallest absolute Gasteiger partial charge is 0.321 e. The van der Waals surface area contributed by atoms with Gasteiger partial charge in [0, 0.05) is 18.1 Å². The van der Waals surface area contributed by atoms with Crippen LogP contribution in [0.3, 0.4) is 0 Å². The Morgan fingerprint density at radius 3 is 2.55 bits per heavy atom. The molecule has 0 aromatic heterocycles. The lowest BCUT2D eigenvalue weighted by atomic mass is 10.1. The monoisotopic (exact) mass is 284 g/mol. The number of amides is 3. The fourth-order valence-electron chi connectivity index (χ4n) is 2.27. The minimum atomic E-state index is -0.433. The van der Waals surface area contributed by atoms with E-state index in [4.69, 9.17) is 0 Å². The molecule has 1 atom stereocenters. The Kier molecular flexibility index (Phi) is 6.42. The summed E-state index contributed by atoms with van der Waals surface area (Å²) in [6.07, 6.45) is 2.35. The van der Waals surface area contributed by atoms with Gasteiger partial charge < -0.3 is 10.6 Å². The van der Waals surface area contributed by atoms with Crippen molar-refractivity contribution in [3.8, 4) is 0 Å². The van der Waals surface area contributed by atoms with E-state index in [1.54, 1.807) is 0 Å². The van der Waals surface area contributed by atoms with Crippen LogP contribution < -0.4 is 16.0 Å². The Hall–Kier alpha value is -1.14. The molecule has 1 saturated heterocycles. The molecule has 1 heterocycles. The van der Waals surface area contributed by atoms with Gasteiger partial charge >= 0.3 is 6.03 Å². The van der Waals surface area contributed by atoms with Gasteiger partial charge in [0.05, 0.1) is 6.54 Å². The minimum absolute atomic E-state index is 0.256. The summed E-state index contributed by atoms with van der Waals surface area (Å²) in [7, 11) is 0. The Labute approximate surface area is 121 Å². The Balaban J connectivity index is 2.33. The van der Waals surface area contributed by atoms with Gasteiger partial charge in [0.25, 0.3) is 0 Å². The van der Waals surface area contributed by atoms with E-state index in [0.29, 0.717) is 6.04 Å². The van der Waals surface area contributed by atoms with Crippen LogP contribution in [0.25, 0.3) is 0 Å². The third-order valence-corrected chi connectivity index (χ3v) is 3.20. The highest BCUT2D eigenvalue weighted by molar-refractivity contribution is 5.95. The van der Waals surface area contributed by atoms with Crippen LogP contribution in [0.2, 0.25) is 0 Å². The number of nitrogens with zero attached hydrogens (tertiary/aromatic N) is 1. The van der Waals surface area contributed by atoms with E-state index in [-0.39, 0.29) is 18.0 Å². The van der Waals surface area contributed by atoms with Crippen LogP contribution >= 0.6 is 0 Å². The molecule has 0 spiro atoms. The number of likely N-dealkylation sites (N-methyl/N-ethyl adjacent to an activating group) is 1. The zero-order valence-electron chi connectivity index (χ0n) is 13.1. The normalized spacial score (nSPS) is 19.1. The fraction of sp³-hybridized carbons (Fsp3) is 0.857. The first-order chi connectivity index (χ1) is 9.30. The molecule has 6 nitrogen and oxygen atoms in total. The van der Waals surface area contributed by atoms with Gasteiger partial charge in [-0.1, -0.05) is 6.92 Å². The van der Waals surface area contributed by atoms with Crippen molar-refractivity contribution in [3.63, 3.8) is 0 Å². The van der Waals surface area contributed by atoms with Crippen LogP contribution in [-0.4, -0.2) is 54.6 Å². The maximum atomic E-state index is 11.8. The highest BCUT2D eigenvalue weighted by atomic mass is 16.2. The first-order valence-electron chi connectivity index (χ1n) is 7.38. The third-order valence-electron chi connectivity index (χ3n) is 3.20. The predicted octanol–water partition coefficient (Wildman–Crippen LogP) is 0.685. The number of nitrogens with one attached hydrogen (secondary N) is 3. The van der Waals surface area contributed by atoms with Crippen molar-refractivity contribution in [2.75, 3.05) is 26.2 Å². The molecular weight excluding hydrogens is 256 g/mol. The van der Waals surface area contributed by atoms with E-state index < -0.39 is 6.03 Å². The summed E-state index contributed by atoms with van der Waals surface area (Å²) in [5, 5.41) is 8.50. The summed E-state index contributed by atoms with van der Waals surface area (Å²) < 4.78 is 0. The zero-order chi connectivity index (χ0) is 15.2. The van der Waals surface area contributed by atoms with Gasteiger partial charge in [-0.3, -0.25) is 15.0 Å². The van der Waals surface area contributed by atoms with Gasteiger partial charge in [0.15, 0.2) is 0 Å². The van der Waals surface area contributed by atoms with Crippen molar-refractivity contribution in [3.05, 3.63) is 0 Å². The van der Waals surface area contributed by atoms with E-state index in [2.05, 4.69) is 20.9 Å². The number of rotatable bonds is 5. The molecule has 1 aliphatic rings. The highest BCUT2D eigenvalue weighted by Crippen LogP contribution is 2.06. The van der Waals surface area contributed by atoms with E-state index >= 15 is 0 Å². The van der Waals surface area contributed by atoms with Crippen molar-refractivity contribution in [1.82, 2.24) is 20.9 Å².